The molecule has 3 heterocycles. The lowest BCUT2D eigenvalue weighted by molar-refractivity contribution is -0.385. The topological polar surface area (TPSA) is 81.4 Å². The Hall–Kier alpha value is -2.70. The first-order valence-corrected chi connectivity index (χ1v) is 6.64. The Labute approximate surface area is 121 Å². The summed E-state index contributed by atoms with van der Waals surface area (Å²) in [5.74, 6) is 0.419. The van der Waals surface area contributed by atoms with Crippen LogP contribution in [0.2, 0.25) is 0 Å². The highest BCUT2D eigenvalue weighted by Crippen LogP contribution is 2.22. The minimum absolute atomic E-state index is 0.0344. The summed E-state index contributed by atoms with van der Waals surface area (Å²) in [4.78, 5) is 20.3. The smallest absolute Gasteiger partial charge is 0.287 e. The summed E-state index contributed by atoms with van der Waals surface area (Å²) in [5, 5.41) is 10.6. The molecule has 2 aromatic heterocycles. The molecular weight excluding hydrogens is 272 g/mol. The van der Waals surface area contributed by atoms with Crippen molar-refractivity contribution in [1.29, 1.82) is 0 Å². The van der Waals surface area contributed by atoms with Crippen LogP contribution >= 0.6 is 0 Å². The fourth-order valence-electron chi connectivity index (χ4n) is 2.33. The number of ether oxygens (including phenoxy) is 1. The third-order valence-electron chi connectivity index (χ3n) is 3.39. The molecule has 2 aromatic rings. The second-order valence-electron chi connectivity index (χ2n) is 4.79. The van der Waals surface area contributed by atoms with Crippen LogP contribution in [0, 0.1) is 10.1 Å². The molecule has 0 saturated carbocycles. The summed E-state index contributed by atoms with van der Waals surface area (Å²) in [5.41, 5.74) is 1.08. The molecule has 1 fully saturated rings. The van der Waals surface area contributed by atoms with Gasteiger partial charge in [-0.3, -0.25) is 15.1 Å². The van der Waals surface area contributed by atoms with E-state index in [4.69, 9.17) is 4.74 Å². The molecule has 0 bridgehead atoms. The quantitative estimate of drug-likeness (QED) is 0.632. The number of pyridine rings is 2. The number of rotatable bonds is 4. The van der Waals surface area contributed by atoms with Crippen molar-refractivity contribution in [3.8, 4) is 5.88 Å². The summed E-state index contributed by atoms with van der Waals surface area (Å²) in [6.45, 7) is 1.67. The van der Waals surface area contributed by atoms with Crippen LogP contribution in [0.25, 0.3) is 0 Å². The van der Waals surface area contributed by atoms with Gasteiger partial charge >= 0.3 is 0 Å². The van der Waals surface area contributed by atoms with Crippen LogP contribution in [0.5, 0.6) is 5.88 Å². The highest BCUT2D eigenvalue weighted by Gasteiger charge is 2.24. The summed E-state index contributed by atoms with van der Waals surface area (Å²) >= 11 is 0. The molecule has 7 nitrogen and oxygen atoms in total. The molecule has 7 heteroatoms. The zero-order chi connectivity index (χ0) is 14.7. The van der Waals surface area contributed by atoms with Gasteiger partial charge in [-0.05, 0) is 12.1 Å². The van der Waals surface area contributed by atoms with E-state index in [0.717, 1.165) is 25.2 Å². The maximum Gasteiger partial charge on any atom is 0.287 e. The summed E-state index contributed by atoms with van der Waals surface area (Å²) in [6, 6.07) is 6.87. The molecule has 1 atom stereocenters. The normalized spacial score (nSPS) is 17.7. The number of nitro groups is 1. The van der Waals surface area contributed by atoms with Gasteiger partial charge in [0.2, 0.25) is 5.88 Å². The Morgan fingerprint density at radius 1 is 1.29 bits per heavy atom. The fourth-order valence-corrected chi connectivity index (χ4v) is 2.33. The summed E-state index contributed by atoms with van der Waals surface area (Å²) in [6.07, 6.45) is 5.67. The Balaban J connectivity index is 1.61. The van der Waals surface area contributed by atoms with Gasteiger partial charge in [0.1, 0.15) is 12.3 Å². The molecule has 3 rings (SSSR count). The van der Waals surface area contributed by atoms with Crippen LogP contribution in [-0.2, 0) is 0 Å². The monoisotopic (exact) mass is 286 g/mol. The minimum atomic E-state index is -0.475. The van der Waals surface area contributed by atoms with E-state index in [1.165, 1.54) is 18.3 Å². The van der Waals surface area contributed by atoms with Crippen molar-refractivity contribution in [2.45, 2.75) is 12.5 Å². The van der Waals surface area contributed by atoms with E-state index < -0.39 is 4.92 Å². The predicted molar refractivity (Wildman–Crippen MR) is 76.4 cm³/mol. The molecule has 1 aliphatic heterocycles. The van der Waals surface area contributed by atoms with Gasteiger partial charge in [-0.1, -0.05) is 0 Å². The summed E-state index contributed by atoms with van der Waals surface area (Å²) in [7, 11) is 0. The van der Waals surface area contributed by atoms with Crippen molar-refractivity contribution in [3.63, 3.8) is 0 Å². The van der Waals surface area contributed by atoms with Crippen LogP contribution in [-0.4, -0.2) is 34.1 Å². The van der Waals surface area contributed by atoms with Crippen LogP contribution in [0.3, 0.4) is 0 Å². The van der Waals surface area contributed by atoms with Crippen molar-refractivity contribution in [2.75, 3.05) is 18.0 Å². The predicted octanol–water partition coefficient (Wildman–Crippen LogP) is 2.04. The van der Waals surface area contributed by atoms with Gasteiger partial charge in [0.05, 0.1) is 11.5 Å². The van der Waals surface area contributed by atoms with Crippen LogP contribution in [0.1, 0.15) is 6.42 Å². The van der Waals surface area contributed by atoms with Crippen molar-refractivity contribution in [1.82, 2.24) is 9.97 Å². The zero-order valence-electron chi connectivity index (χ0n) is 11.3. The van der Waals surface area contributed by atoms with Gasteiger partial charge < -0.3 is 9.64 Å². The van der Waals surface area contributed by atoms with Crippen molar-refractivity contribution in [3.05, 3.63) is 53.0 Å². The second kappa shape index (κ2) is 5.74. The van der Waals surface area contributed by atoms with Crippen molar-refractivity contribution >= 4 is 11.4 Å². The highest BCUT2D eigenvalue weighted by molar-refractivity contribution is 5.45. The van der Waals surface area contributed by atoms with Gasteiger partial charge in [0.25, 0.3) is 5.69 Å². The zero-order valence-corrected chi connectivity index (χ0v) is 11.3. The molecule has 0 unspecified atom stereocenters. The molecule has 108 valence electrons. The van der Waals surface area contributed by atoms with Crippen molar-refractivity contribution in [2.24, 2.45) is 0 Å². The number of anilines is 1. The molecule has 1 aliphatic rings. The van der Waals surface area contributed by atoms with Crippen LogP contribution < -0.4 is 9.64 Å². The van der Waals surface area contributed by atoms with Crippen LogP contribution in [0.15, 0.2) is 42.9 Å². The lowest BCUT2D eigenvalue weighted by Crippen LogP contribution is -2.24. The molecule has 0 aliphatic carbocycles. The first kappa shape index (κ1) is 13.3. The second-order valence-corrected chi connectivity index (χ2v) is 4.79. The Kier molecular flexibility index (Phi) is 3.63. The molecule has 21 heavy (non-hydrogen) atoms. The minimum Gasteiger partial charge on any atom is -0.472 e. The Morgan fingerprint density at radius 2 is 2.10 bits per heavy atom. The van der Waals surface area contributed by atoms with E-state index in [1.54, 1.807) is 12.4 Å². The molecule has 0 radical (unpaired) electrons. The SMILES string of the molecule is O=[N+]([O-])c1ccc(O[C@@H]2CCN(c3ccncc3)C2)nc1. The lowest BCUT2D eigenvalue weighted by atomic mass is 10.3. The largest absolute Gasteiger partial charge is 0.472 e. The lowest BCUT2D eigenvalue weighted by Gasteiger charge is -2.18. The molecule has 0 aromatic carbocycles. The third kappa shape index (κ3) is 3.07. The Bertz CT molecular complexity index is 618. The third-order valence-corrected chi connectivity index (χ3v) is 3.39. The average molecular weight is 286 g/mol. The van der Waals surface area contributed by atoms with Gasteiger partial charge in [0.15, 0.2) is 0 Å². The van der Waals surface area contributed by atoms with E-state index in [1.807, 2.05) is 12.1 Å². The number of nitrogens with zero attached hydrogens (tertiary/aromatic N) is 4. The number of hydrogen-bond donors (Lipinski definition) is 0. The molecule has 1 saturated heterocycles. The van der Waals surface area contributed by atoms with E-state index in [2.05, 4.69) is 14.9 Å². The highest BCUT2D eigenvalue weighted by atomic mass is 16.6. The van der Waals surface area contributed by atoms with E-state index in [9.17, 15) is 10.1 Å². The molecule has 0 spiro atoms. The maximum atomic E-state index is 10.6. The van der Waals surface area contributed by atoms with Gasteiger partial charge in [0, 0.05) is 43.2 Å². The van der Waals surface area contributed by atoms with Crippen LogP contribution in [0.4, 0.5) is 11.4 Å². The number of aromatic nitrogens is 2. The number of hydrogen-bond acceptors (Lipinski definition) is 6. The van der Waals surface area contributed by atoms with Crippen molar-refractivity contribution < 1.29 is 9.66 Å². The average Bonchev–Trinajstić information content (AvgIpc) is 2.97. The van der Waals surface area contributed by atoms with E-state index in [-0.39, 0.29) is 11.8 Å². The van der Waals surface area contributed by atoms with E-state index >= 15 is 0 Å². The van der Waals surface area contributed by atoms with E-state index in [0.29, 0.717) is 5.88 Å². The Morgan fingerprint density at radius 3 is 2.76 bits per heavy atom. The maximum absolute atomic E-state index is 10.6. The molecular formula is C14H14N4O3. The first-order chi connectivity index (χ1) is 10.2. The molecule has 0 amide bonds. The van der Waals surface area contributed by atoms with Gasteiger partial charge in [-0.25, -0.2) is 4.98 Å². The molecule has 0 N–H and O–H groups in total. The standard InChI is InChI=1S/C14H14N4O3/c19-18(20)12-1-2-14(16-9-12)21-13-5-8-17(10-13)11-3-6-15-7-4-11/h1-4,6-7,9,13H,5,8,10H2/t13-/m1/s1. The fraction of sp³-hybridized carbons (Fsp3) is 0.286. The van der Waals surface area contributed by atoms with Gasteiger partial charge in [-0.2, -0.15) is 0 Å². The van der Waals surface area contributed by atoms with Gasteiger partial charge in [-0.15, -0.1) is 0 Å². The summed E-state index contributed by atoms with van der Waals surface area (Å²) < 4.78 is 5.77. The first-order valence-electron chi connectivity index (χ1n) is 6.64.